The number of benzene rings is 5. The smallest absolute Gasteiger partial charge is 0.178 e. The Balaban J connectivity index is 1.25. The Labute approximate surface area is 361 Å². The summed E-state index contributed by atoms with van der Waals surface area (Å²) in [6.45, 7) is 14.1. The number of fused-ring (bicyclic) bond motifs is 11. The summed E-state index contributed by atoms with van der Waals surface area (Å²) in [5.74, 6) is 3.23. The van der Waals surface area contributed by atoms with E-state index in [-0.39, 0.29) is 10.9 Å². The fourth-order valence-corrected chi connectivity index (χ4v) is 13.1. The van der Waals surface area contributed by atoms with Crippen LogP contribution in [-0.4, -0.2) is 29.8 Å². The second kappa shape index (κ2) is 15.3. The van der Waals surface area contributed by atoms with E-state index in [0.717, 1.165) is 47.6 Å². The Bertz CT molecular complexity index is 2400. The molecular weight excluding hydrogens is 761 g/mol. The van der Waals surface area contributed by atoms with Crippen molar-refractivity contribution in [3.8, 4) is 28.4 Å². The van der Waals surface area contributed by atoms with Gasteiger partial charge in [0.15, 0.2) is 11.0 Å². The van der Waals surface area contributed by atoms with E-state index < -0.39 is 5.60 Å². The molecule has 5 aromatic rings. The third-order valence-electron chi connectivity index (χ3n) is 15.6. The molecule has 1 fully saturated rings. The zero-order valence-corrected chi connectivity index (χ0v) is 38.4. The lowest BCUT2D eigenvalue weighted by molar-refractivity contribution is 0.132. The molecule has 2 heterocycles. The Morgan fingerprint density at radius 3 is 2.17 bits per heavy atom. The van der Waals surface area contributed by atoms with E-state index in [1.807, 2.05) is 11.8 Å². The topological polar surface area (TPSA) is 27.7 Å². The number of ether oxygens (including phenoxy) is 3. The van der Waals surface area contributed by atoms with Crippen LogP contribution in [0.25, 0.3) is 28.0 Å². The molecule has 0 aromatic heterocycles. The quantitative estimate of drug-likeness (QED) is 0.124. The van der Waals surface area contributed by atoms with Gasteiger partial charge in [-0.3, -0.25) is 0 Å². The van der Waals surface area contributed by atoms with Crippen molar-refractivity contribution in [2.75, 3.05) is 19.6 Å². The molecule has 0 N–H and O–H groups in total. The molecule has 5 aromatic carbocycles. The predicted molar refractivity (Wildman–Crippen MR) is 253 cm³/mol. The van der Waals surface area contributed by atoms with Crippen molar-refractivity contribution in [2.24, 2.45) is 11.3 Å². The first-order chi connectivity index (χ1) is 28.4. The van der Waals surface area contributed by atoms with Crippen molar-refractivity contribution in [3.05, 3.63) is 124 Å². The lowest BCUT2D eigenvalue weighted by Crippen LogP contribution is -2.38. The molecule has 3 unspecified atom stereocenters. The minimum atomic E-state index is -0.843. The predicted octanol–water partition coefficient (Wildman–Crippen LogP) is 14.3. The van der Waals surface area contributed by atoms with Gasteiger partial charge in [0.1, 0.15) is 22.0 Å². The SMILES string of the molecule is CCC1(CC)CCC2(CC1)c1ccccc1-c1c2c2c(c3cc4c(cc13)OC(C(C)C)S4)OC(c1ccc(CCC(C)(CC)[S+](C)C)cc1)(c1ccc(OC)cc1)C=C2. The highest BCUT2D eigenvalue weighted by Gasteiger charge is 2.52. The number of thioether (sulfide) groups is 1. The summed E-state index contributed by atoms with van der Waals surface area (Å²) in [5, 5.41) is 2.41. The highest BCUT2D eigenvalue weighted by Crippen LogP contribution is 2.65. The van der Waals surface area contributed by atoms with Gasteiger partial charge in [-0.15, -0.1) is 0 Å². The molecule has 1 spiro atoms. The molecule has 3 atom stereocenters. The second-order valence-electron chi connectivity index (χ2n) is 18.7. The molecule has 2 aliphatic carbocycles. The van der Waals surface area contributed by atoms with E-state index in [1.54, 1.807) is 7.11 Å². The zero-order valence-electron chi connectivity index (χ0n) is 36.8. The third kappa shape index (κ3) is 6.46. The van der Waals surface area contributed by atoms with E-state index in [2.05, 4.69) is 151 Å². The third-order valence-corrected chi connectivity index (χ3v) is 19.5. The molecule has 0 bridgehead atoms. The van der Waals surface area contributed by atoms with Gasteiger partial charge in [-0.25, -0.2) is 0 Å². The summed E-state index contributed by atoms with van der Waals surface area (Å²) >= 11 is 1.85. The summed E-state index contributed by atoms with van der Waals surface area (Å²) < 4.78 is 20.6. The van der Waals surface area contributed by atoms with Crippen molar-refractivity contribution in [2.45, 2.75) is 125 Å². The Kier molecular flexibility index (Phi) is 10.5. The van der Waals surface area contributed by atoms with Crippen LogP contribution in [0, 0.1) is 11.3 Å². The molecule has 3 nitrogen and oxygen atoms in total. The standard InChI is InChI=1S/C54H63O3S2/c1-10-51(6,59(8)9)27-25-36-17-19-37(20-18-36)54(38-21-23-39(55-7)24-22-38)28-26-41-48-47(42-33-45-46(34-43(42)49(41)57-54)58-50(56-45)35(4)5)40-15-13-14-16-44(40)53(48)31-29-52(11-2,12-3)30-32-53/h13-24,26,28,33-35,50H,10-12,25,27,29-32H2,1-9H3/q+1. The maximum atomic E-state index is 7.88. The first-order valence-corrected chi connectivity index (χ1v) is 25.2. The molecule has 0 amide bonds. The average Bonchev–Trinajstić information content (AvgIpc) is 3.83. The number of hydrogen-bond acceptors (Lipinski definition) is 4. The Hall–Kier alpha value is -3.80. The van der Waals surface area contributed by atoms with Crippen LogP contribution in [0.4, 0.5) is 0 Å². The minimum absolute atomic E-state index is 0.0772. The fraction of sp³-hybridized carbons (Fsp3) is 0.444. The van der Waals surface area contributed by atoms with E-state index in [9.17, 15) is 0 Å². The number of methoxy groups -OCH3 is 1. The van der Waals surface area contributed by atoms with E-state index in [4.69, 9.17) is 14.2 Å². The van der Waals surface area contributed by atoms with Gasteiger partial charge in [0, 0.05) is 39.8 Å². The summed E-state index contributed by atoms with van der Waals surface area (Å²) in [4.78, 5) is 1.20. The highest BCUT2D eigenvalue weighted by molar-refractivity contribution is 8.00. The Morgan fingerprint density at radius 2 is 1.54 bits per heavy atom. The second-order valence-corrected chi connectivity index (χ2v) is 22.5. The molecule has 5 heteroatoms. The summed E-state index contributed by atoms with van der Waals surface area (Å²) in [6, 6.07) is 32.0. The lowest BCUT2D eigenvalue weighted by atomic mass is 9.58. The molecule has 2 aliphatic heterocycles. The monoisotopic (exact) mass is 823 g/mol. The van der Waals surface area contributed by atoms with Gasteiger partial charge in [-0.1, -0.05) is 126 Å². The molecule has 0 saturated heterocycles. The van der Waals surface area contributed by atoms with Crippen LogP contribution < -0.4 is 14.2 Å². The van der Waals surface area contributed by atoms with Crippen LogP contribution in [0.1, 0.15) is 126 Å². The molecule has 9 rings (SSSR count). The number of rotatable bonds is 11. The normalized spacial score (nSPS) is 21.8. The van der Waals surface area contributed by atoms with Gasteiger partial charge in [-0.2, -0.15) is 0 Å². The van der Waals surface area contributed by atoms with Crippen molar-refractivity contribution >= 4 is 39.5 Å². The van der Waals surface area contributed by atoms with Crippen molar-refractivity contribution in [1.82, 2.24) is 0 Å². The number of hydrogen-bond donors (Lipinski definition) is 0. The zero-order chi connectivity index (χ0) is 41.3. The van der Waals surface area contributed by atoms with Crippen molar-refractivity contribution in [3.63, 3.8) is 0 Å². The van der Waals surface area contributed by atoms with Gasteiger partial charge in [-0.05, 0) is 125 Å². The first-order valence-electron chi connectivity index (χ1n) is 22.2. The molecule has 1 saturated carbocycles. The van der Waals surface area contributed by atoms with Gasteiger partial charge in [0.05, 0.1) is 24.5 Å². The van der Waals surface area contributed by atoms with Gasteiger partial charge < -0.3 is 14.2 Å². The van der Waals surface area contributed by atoms with Crippen LogP contribution in [0.15, 0.2) is 95.9 Å². The minimum Gasteiger partial charge on any atom is -0.497 e. The van der Waals surface area contributed by atoms with Crippen LogP contribution in [0.3, 0.4) is 0 Å². The van der Waals surface area contributed by atoms with Gasteiger partial charge in [0.2, 0.25) is 0 Å². The van der Waals surface area contributed by atoms with E-state index in [1.165, 1.54) is 87.6 Å². The Morgan fingerprint density at radius 1 is 0.864 bits per heavy atom. The van der Waals surface area contributed by atoms with Gasteiger partial charge in [0.25, 0.3) is 0 Å². The maximum absolute atomic E-state index is 7.88. The molecule has 0 radical (unpaired) electrons. The summed E-state index contributed by atoms with van der Waals surface area (Å²) in [7, 11) is 2.09. The van der Waals surface area contributed by atoms with Crippen LogP contribution in [0.5, 0.6) is 17.2 Å². The molecule has 308 valence electrons. The molecule has 4 aliphatic rings. The van der Waals surface area contributed by atoms with E-state index >= 15 is 0 Å². The molecular formula is C54H63O3S2+. The van der Waals surface area contributed by atoms with Crippen molar-refractivity contribution < 1.29 is 14.2 Å². The first kappa shape index (κ1) is 40.6. The largest absolute Gasteiger partial charge is 0.497 e. The fourth-order valence-electron chi connectivity index (χ4n) is 10.9. The van der Waals surface area contributed by atoms with Crippen LogP contribution in [-0.2, 0) is 28.3 Å². The van der Waals surface area contributed by atoms with Crippen LogP contribution in [0.2, 0.25) is 0 Å². The summed E-state index contributed by atoms with van der Waals surface area (Å²) in [6.07, 6.45) is 20.3. The average molecular weight is 824 g/mol. The van der Waals surface area contributed by atoms with Gasteiger partial charge >= 0.3 is 0 Å². The highest BCUT2D eigenvalue weighted by atomic mass is 32.2. The maximum Gasteiger partial charge on any atom is 0.178 e. The number of aryl methyl sites for hydroxylation is 1. The van der Waals surface area contributed by atoms with Crippen molar-refractivity contribution in [1.29, 1.82) is 0 Å². The lowest BCUT2D eigenvalue weighted by Gasteiger charge is -2.47. The van der Waals surface area contributed by atoms with Crippen LogP contribution >= 0.6 is 11.8 Å². The summed E-state index contributed by atoms with van der Waals surface area (Å²) in [5.41, 5.74) is 10.2. The molecule has 59 heavy (non-hydrogen) atoms. The van der Waals surface area contributed by atoms with E-state index in [0.29, 0.717) is 27.0 Å².